The lowest BCUT2D eigenvalue weighted by Crippen LogP contribution is -2.55. The summed E-state index contributed by atoms with van der Waals surface area (Å²) in [5.74, 6) is 2.69. The van der Waals surface area contributed by atoms with Gasteiger partial charge in [-0.2, -0.15) is 0 Å². The second kappa shape index (κ2) is 9.22. The highest BCUT2D eigenvalue weighted by atomic mass is 32.2. The molecule has 2 spiro atoms. The lowest BCUT2D eigenvalue weighted by molar-refractivity contribution is -0.0820. The number of piperidine rings is 2. The zero-order chi connectivity index (χ0) is 26.1. The summed E-state index contributed by atoms with van der Waals surface area (Å²) in [4.78, 5) is 2.93. The minimum absolute atomic E-state index is 0.298. The van der Waals surface area contributed by atoms with E-state index in [9.17, 15) is 8.42 Å². The smallest absolute Gasteiger partial charge is 0.216 e. The molecular weight excluding hydrogens is 464 g/mol. The van der Waals surface area contributed by atoms with Crippen molar-refractivity contribution in [3.8, 4) is 0 Å². The summed E-state index contributed by atoms with van der Waals surface area (Å²) in [6.45, 7) is 20.2. The maximum Gasteiger partial charge on any atom is 0.216 e. The monoisotopic (exact) mass is 520 g/mol. The van der Waals surface area contributed by atoms with Crippen molar-refractivity contribution in [3.63, 3.8) is 0 Å². The SMILES string of the molecule is CC(C)S(=O)(=O)N1CCC2(CC1)CC(C(C)(C)CC(C1CC1)N1CCC3(CC1)CC(C(C)(C)C)C3)C2. The van der Waals surface area contributed by atoms with Crippen molar-refractivity contribution in [1.29, 1.82) is 0 Å². The van der Waals surface area contributed by atoms with Crippen molar-refractivity contribution in [2.45, 2.75) is 130 Å². The number of likely N-dealkylation sites (tertiary alicyclic amines) is 1. The Kier molecular flexibility index (Phi) is 7.03. The van der Waals surface area contributed by atoms with Gasteiger partial charge in [-0.05, 0) is 137 Å². The van der Waals surface area contributed by atoms with Gasteiger partial charge in [0.15, 0.2) is 0 Å². The van der Waals surface area contributed by atoms with Gasteiger partial charge < -0.3 is 4.90 Å². The van der Waals surface area contributed by atoms with Gasteiger partial charge in [-0.25, -0.2) is 12.7 Å². The lowest BCUT2D eigenvalue weighted by Gasteiger charge is -2.59. The summed E-state index contributed by atoms with van der Waals surface area (Å²) in [5.41, 5.74) is 1.98. The van der Waals surface area contributed by atoms with Crippen LogP contribution in [-0.4, -0.2) is 55.1 Å². The van der Waals surface area contributed by atoms with E-state index in [2.05, 4.69) is 39.5 Å². The van der Waals surface area contributed by atoms with Crippen molar-refractivity contribution in [2.75, 3.05) is 26.2 Å². The fourth-order valence-electron chi connectivity index (χ4n) is 8.58. The van der Waals surface area contributed by atoms with E-state index in [4.69, 9.17) is 0 Å². The molecule has 1 atom stereocenters. The van der Waals surface area contributed by atoms with Crippen molar-refractivity contribution < 1.29 is 8.42 Å². The first kappa shape index (κ1) is 27.4. The normalized spacial score (nSPS) is 29.4. The summed E-state index contributed by atoms with van der Waals surface area (Å²) in [5, 5.41) is -0.298. The molecule has 1 unspecified atom stereocenters. The minimum Gasteiger partial charge on any atom is -0.300 e. The first-order chi connectivity index (χ1) is 16.6. The molecule has 5 heteroatoms. The van der Waals surface area contributed by atoms with Crippen LogP contribution in [0.15, 0.2) is 0 Å². The molecule has 0 aromatic heterocycles. The van der Waals surface area contributed by atoms with Crippen molar-refractivity contribution in [1.82, 2.24) is 9.21 Å². The average Bonchev–Trinajstić information content (AvgIpc) is 3.59. The Morgan fingerprint density at radius 1 is 0.778 bits per heavy atom. The topological polar surface area (TPSA) is 40.6 Å². The van der Waals surface area contributed by atoms with Crippen LogP contribution in [-0.2, 0) is 10.0 Å². The summed E-state index contributed by atoms with van der Waals surface area (Å²) in [6.07, 6.45) is 14.9. The van der Waals surface area contributed by atoms with E-state index in [0.29, 0.717) is 21.7 Å². The summed E-state index contributed by atoms with van der Waals surface area (Å²) >= 11 is 0. The molecule has 5 rings (SSSR count). The largest absolute Gasteiger partial charge is 0.300 e. The van der Waals surface area contributed by atoms with Crippen molar-refractivity contribution >= 4 is 10.0 Å². The summed E-state index contributed by atoms with van der Waals surface area (Å²) in [6, 6.07) is 0.797. The van der Waals surface area contributed by atoms with Gasteiger partial charge >= 0.3 is 0 Å². The average molecular weight is 521 g/mol. The van der Waals surface area contributed by atoms with E-state index in [1.165, 1.54) is 70.9 Å². The Balaban J connectivity index is 1.12. The van der Waals surface area contributed by atoms with E-state index in [-0.39, 0.29) is 5.25 Å². The molecule has 5 fully saturated rings. The molecule has 0 aromatic carbocycles. The molecule has 0 radical (unpaired) electrons. The van der Waals surface area contributed by atoms with Crippen molar-refractivity contribution in [2.24, 2.45) is 39.4 Å². The van der Waals surface area contributed by atoms with Gasteiger partial charge in [0.25, 0.3) is 0 Å². The second-order valence-electron chi connectivity index (χ2n) is 16.2. The third-order valence-corrected chi connectivity index (χ3v) is 14.3. The van der Waals surface area contributed by atoms with Crippen LogP contribution in [0.25, 0.3) is 0 Å². The Morgan fingerprint density at radius 2 is 1.25 bits per heavy atom. The van der Waals surface area contributed by atoms with Gasteiger partial charge in [-0.15, -0.1) is 0 Å². The Hall–Kier alpha value is -0.130. The minimum atomic E-state index is -3.10. The molecule has 4 nitrogen and oxygen atoms in total. The van der Waals surface area contributed by atoms with Crippen LogP contribution in [0.1, 0.15) is 119 Å². The molecule has 2 heterocycles. The number of rotatable bonds is 7. The Morgan fingerprint density at radius 3 is 1.69 bits per heavy atom. The second-order valence-corrected chi connectivity index (χ2v) is 18.7. The third-order valence-electron chi connectivity index (χ3n) is 12.0. The molecule has 2 saturated heterocycles. The van der Waals surface area contributed by atoms with Gasteiger partial charge in [-0.3, -0.25) is 0 Å². The third kappa shape index (κ3) is 5.20. The molecule has 0 aromatic rings. The van der Waals surface area contributed by atoms with Crippen LogP contribution in [0.4, 0.5) is 0 Å². The van der Waals surface area contributed by atoms with E-state index >= 15 is 0 Å². The Labute approximate surface area is 223 Å². The fraction of sp³-hybridized carbons (Fsp3) is 1.00. The molecule has 36 heavy (non-hydrogen) atoms. The Bertz CT molecular complexity index is 881. The molecule has 0 bridgehead atoms. The highest BCUT2D eigenvalue weighted by molar-refractivity contribution is 7.89. The quantitative estimate of drug-likeness (QED) is 0.365. The van der Waals surface area contributed by atoms with Crippen LogP contribution >= 0.6 is 0 Å². The standard InChI is InChI=1S/C31H56N2O2S/c1-23(2)36(34,35)33-16-12-31(13-17-33)20-26(21-31)29(6,7)22-27(24-8-9-24)32-14-10-30(11-15-32)18-25(19-30)28(3,4)5/h23-27H,8-22H2,1-7H3. The van der Waals surface area contributed by atoms with Crippen molar-refractivity contribution in [3.05, 3.63) is 0 Å². The first-order valence-corrected chi connectivity index (χ1v) is 16.9. The molecule has 2 aliphatic heterocycles. The summed E-state index contributed by atoms with van der Waals surface area (Å²) in [7, 11) is -3.10. The van der Waals surface area contributed by atoms with Crippen LogP contribution < -0.4 is 0 Å². The first-order valence-electron chi connectivity index (χ1n) is 15.4. The maximum atomic E-state index is 12.6. The van der Waals surface area contributed by atoms with Crippen LogP contribution in [0.3, 0.4) is 0 Å². The van der Waals surface area contributed by atoms with Crippen LogP contribution in [0.2, 0.25) is 0 Å². The molecule has 208 valence electrons. The molecule has 5 aliphatic rings. The number of hydrogen-bond acceptors (Lipinski definition) is 3. The lowest BCUT2D eigenvalue weighted by atomic mass is 9.50. The molecule has 3 saturated carbocycles. The molecular formula is C31H56N2O2S. The fourth-order valence-corrected chi connectivity index (χ4v) is 9.86. The van der Waals surface area contributed by atoms with E-state index < -0.39 is 10.0 Å². The molecule has 3 aliphatic carbocycles. The van der Waals surface area contributed by atoms with E-state index in [1.807, 2.05) is 13.8 Å². The molecule has 0 N–H and O–H groups in total. The van der Waals surface area contributed by atoms with E-state index in [0.717, 1.165) is 49.7 Å². The predicted octanol–water partition coefficient (Wildman–Crippen LogP) is 6.95. The zero-order valence-corrected chi connectivity index (χ0v) is 25.4. The highest BCUT2D eigenvalue weighted by Gasteiger charge is 2.54. The van der Waals surface area contributed by atoms with Gasteiger partial charge in [0.2, 0.25) is 10.0 Å². The van der Waals surface area contributed by atoms with Gasteiger partial charge in [-0.1, -0.05) is 34.6 Å². The highest BCUT2D eigenvalue weighted by Crippen LogP contribution is 2.61. The maximum absolute atomic E-state index is 12.6. The van der Waals surface area contributed by atoms with Gasteiger partial charge in [0, 0.05) is 19.1 Å². The van der Waals surface area contributed by atoms with Crippen LogP contribution in [0, 0.1) is 39.4 Å². The van der Waals surface area contributed by atoms with Gasteiger partial charge in [0.1, 0.15) is 0 Å². The van der Waals surface area contributed by atoms with Gasteiger partial charge in [0.05, 0.1) is 5.25 Å². The summed E-state index contributed by atoms with van der Waals surface area (Å²) < 4.78 is 27.0. The predicted molar refractivity (Wildman–Crippen MR) is 150 cm³/mol. The number of hydrogen-bond donors (Lipinski definition) is 0. The van der Waals surface area contributed by atoms with E-state index in [1.54, 1.807) is 4.31 Å². The number of sulfonamides is 1. The zero-order valence-electron chi connectivity index (χ0n) is 24.6. The number of nitrogens with zero attached hydrogens (tertiary/aromatic N) is 2. The van der Waals surface area contributed by atoms with Crippen LogP contribution in [0.5, 0.6) is 0 Å². The molecule has 0 amide bonds.